The summed E-state index contributed by atoms with van der Waals surface area (Å²) in [6.07, 6.45) is 1.60. The van der Waals surface area contributed by atoms with Gasteiger partial charge in [0.2, 0.25) is 5.91 Å². The number of anilines is 1. The number of carbonyl (C=O) groups excluding carboxylic acids is 1. The lowest BCUT2D eigenvalue weighted by atomic mass is 10.3. The number of fused-ring (bicyclic) bond motifs is 1. The predicted octanol–water partition coefficient (Wildman–Crippen LogP) is 3.48. The third-order valence-electron chi connectivity index (χ3n) is 4.10. The van der Waals surface area contributed by atoms with Crippen molar-refractivity contribution in [1.29, 1.82) is 0 Å². The number of nitrogens with one attached hydrogen (secondary N) is 1. The van der Waals surface area contributed by atoms with Crippen LogP contribution in [0.2, 0.25) is 5.02 Å². The molecule has 0 bridgehead atoms. The fraction of sp³-hybridized carbons (Fsp3) is 0.0500. The van der Waals surface area contributed by atoms with E-state index in [9.17, 15) is 9.59 Å². The number of pyridine rings is 1. The third kappa shape index (κ3) is 3.35. The monoisotopic (exact) mass is 378 g/mol. The molecule has 1 N–H and O–H groups in total. The second-order valence-corrected chi connectivity index (χ2v) is 6.38. The first-order valence-corrected chi connectivity index (χ1v) is 8.68. The summed E-state index contributed by atoms with van der Waals surface area (Å²) in [5.74, 6) is -0.287. The molecule has 7 heteroatoms. The number of benzene rings is 2. The van der Waals surface area contributed by atoms with E-state index in [4.69, 9.17) is 11.6 Å². The van der Waals surface area contributed by atoms with Crippen molar-refractivity contribution >= 4 is 34.2 Å². The average Bonchev–Trinajstić information content (AvgIpc) is 2.95. The Kier molecular flexibility index (Phi) is 4.48. The summed E-state index contributed by atoms with van der Waals surface area (Å²) in [6.45, 7) is -0.0723. The summed E-state index contributed by atoms with van der Waals surface area (Å²) in [7, 11) is 0. The van der Waals surface area contributed by atoms with Crippen molar-refractivity contribution in [2.75, 3.05) is 5.32 Å². The Balaban J connectivity index is 1.76. The SMILES string of the molecule is O=C(Cn1c2ncccc2c(=O)n1-c1ccccc1)Nc1cccc(Cl)c1. The molecule has 2 aromatic carbocycles. The van der Waals surface area contributed by atoms with Gasteiger partial charge in [0.05, 0.1) is 11.1 Å². The van der Waals surface area contributed by atoms with Crippen LogP contribution in [0.1, 0.15) is 0 Å². The number of aromatic nitrogens is 3. The molecule has 0 saturated heterocycles. The Morgan fingerprint density at radius 1 is 1.04 bits per heavy atom. The predicted molar refractivity (Wildman–Crippen MR) is 105 cm³/mol. The number of halogens is 1. The van der Waals surface area contributed by atoms with Gasteiger partial charge in [-0.1, -0.05) is 35.9 Å². The molecular formula is C20H15ClN4O2. The summed E-state index contributed by atoms with van der Waals surface area (Å²) in [5, 5.41) is 3.78. The topological polar surface area (TPSA) is 68.9 Å². The minimum atomic E-state index is -0.287. The standard InChI is InChI=1S/C20H15ClN4O2/c21-14-6-4-7-15(12-14)23-18(26)13-24-19-17(10-5-11-22-19)20(27)25(24)16-8-2-1-3-9-16/h1-12H,13H2,(H,23,26). The van der Waals surface area contributed by atoms with Gasteiger partial charge in [-0.25, -0.2) is 9.67 Å². The summed E-state index contributed by atoms with van der Waals surface area (Å²) in [6, 6.07) is 19.5. The van der Waals surface area contributed by atoms with E-state index in [0.29, 0.717) is 27.4 Å². The zero-order valence-electron chi connectivity index (χ0n) is 14.2. The van der Waals surface area contributed by atoms with Crippen molar-refractivity contribution in [3.63, 3.8) is 0 Å². The van der Waals surface area contributed by atoms with Crippen LogP contribution >= 0.6 is 11.6 Å². The maximum absolute atomic E-state index is 12.9. The molecule has 27 heavy (non-hydrogen) atoms. The fourth-order valence-corrected chi connectivity index (χ4v) is 3.15. The van der Waals surface area contributed by atoms with Crippen LogP contribution in [0.25, 0.3) is 16.7 Å². The quantitative estimate of drug-likeness (QED) is 0.591. The molecule has 0 unspecified atom stereocenters. The molecule has 0 atom stereocenters. The molecule has 2 heterocycles. The zero-order valence-corrected chi connectivity index (χ0v) is 14.9. The van der Waals surface area contributed by atoms with Gasteiger partial charge in [-0.2, -0.15) is 0 Å². The van der Waals surface area contributed by atoms with Crippen LogP contribution in [0, 0.1) is 0 Å². The number of rotatable bonds is 4. The summed E-state index contributed by atoms with van der Waals surface area (Å²) < 4.78 is 3.04. The molecule has 0 aliphatic heterocycles. The molecule has 6 nitrogen and oxygen atoms in total. The second-order valence-electron chi connectivity index (χ2n) is 5.94. The molecule has 0 radical (unpaired) electrons. The van der Waals surface area contributed by atoms with E-state index in [1.807, 2.05) is 30.3 Å². The lowest BCUT2D eigenvalue weighted by molar-refractivity contribution is -0.116. The minimum Gasteiger partial charge on any atom is -0.324 e. The smallest absolute Gasteiger partial charge is 0.280 e. The van der Waals surface area contributed by atoms with Crippen molar-refractivity contribution in [2.45, 2.75) is 6.54 Å². The van der Waals surface area contributed by atoms with Gasteiger partial charge in [-0.3, -0.25) is 14.3 Å². The van der Waals surface area contributed by atoms with Crippen LogP contribution < -0.4 is 10.9 Å². The molecular weight excluding hydrogens is 364 g/mol. The normalized spacial score (nSPS) is 10.9. The van der Waals surface area contributed by atoms with Crippen molar-refractivity contribution in [2.24, 2.45) is 0 Å². The largest absolute Gasteiger partial charge is 0.324 e. The Morgan fingerprint density at radius 2 is 1.85 bits per heavy atom. The first-order chi connectivity index (χ1) is 13.1. The molecule has 1 amide bonds. The van der Waals surface area contributed by atoms with E-state index in [1.165, 1.54) is 4.68 Å². The second kappa shape index (κ2) is 7.09. The Bertz CT molecular complexity index is 1180. The van der Waals surface area contributed by atoms with Gasteiger partial charge in [0.1, 0.15) is 6.54 Å². The molecule has 0 spiro atoms. The highest BCUT2D eigenvalue weighted by atomic mass is 35.5. The molecule has 4 rings (SSSR count). The number of hydrogen-bond donors (Lipinski definition) is 1. The maximum Gasteiger partial charge on any atom is 0.280 e. The van der Waals surface area contributed by atoms with Crippen molar-refractivity contribution in [3.8, 4) is 5.69 Å². The van der Waals surface area contributed by atoms with Crippen LogP contribution in [0.3, 0.4) is 0 Å². The van der Waals surface area contributed by atoms with Gasteiger partial charge in [-0.15, -0.1) is 0 Å². The van der Waals surface area contributed by atoms with Gasteiger partial charge >= 0.3 is 0 Å². The summed E-state index contributed by atoms with van der Waals surface area (Å²) in [5.41, 5.74) is 1.48. The van der Waals surface area contributed by atoms with Crippen LogP contribution in [-0.2, 0) is 11.3 Å². The molecule has 4 aromatic rings. The van der Waals surface area contributed by atoms with E-state index in [2.05, 4.69) is 10.3 Å². The number of amides is 1. The van der Waals surface area contributed by atoms with Crippen molar-refractivity contribution in [3.05, 3.63) is 88.3 Å². The maximum atomic E-state index is 12.9. The first kappa shape index (κ1) is 17.1. The molecule has 0 fully saturated rings. The highest BCUT2D eigenvalue weighted by molar-refractivity contribution is 6.30. The number of hydrogen-bond acceptors (Lipinski definition) is 3. The Morgan fingerprint density at radius 3 is 2.63 bits per heavy atom. The Hall–Kier alpha value is -3.38. The van der Waals surface area contributed by atoms with E-state index >= 15 is 0 Å². The highest BCUT2D eigenvalue weighted by Crippen LogP contribution is 2.16. The van der Waals surface area contributed by atoms with E-state index < -0.39 is 0 Å². The van der Waals surface area contributed by atoms with Gasteiger partial charge in [-0.05, 0) is 42.5 Å². The van der Waals surface area contributed by atoms with Crippen LogP contribution in [-0.4, -0.2) is 20.3 Å². The van der Waals surface area contributed by atoms with Gasteiger partial charge < -0.3 is 5.32 Å². The van der Waals surface area contributed by atoms with Crippen LogP contribution in [0.15, 0.2) is 77.7 Å². The van der Waals surface area contributed by atoms with Gasteiger partial charge in [0.15, 0.2) is 5.65 Å². The average molecular weight is 379 g/mol. The lowest BCUT2D eigenvalue weighted by Crippen LogP contribution is -2.27. The number of carbonyl (C=O) groups is 1. The van der Waals surface area contributed by atoms with Crippen molar-refractivity contribution < 1.29 is 4.79 Å². The lowest BCUT2D eigenvalue weighted by Gasteiger charge is -2.12. The molecule has 0 saturated carbocycles. The third-order valence-corrected chi connectivity index (χ3v) is 4.33. The number of nitrogens with zero attached hydrogens (tertiary/aromatic N) is 3. The molecule has 0 aliphatic rings. The van der Waals surface area contributed by atoms with E-state index in [-0.39, 0.29) is 18.0 Å². The summed E-state index contributed by atoms with van der Waals surface area (Å²) >= 11 is 5.96. The fourth-order valence-electron chi connectivity index (χ4n) is 2.96. The van der Waals surface area contributed by atoms with Gasteiger partial charge in [0.25, 0.3) is 5.56 Å². The molecule has 0 aliphatic carbocycles. The molecule has 134 valence electrons. The zero-order chi connectivity index (χ0) is 18.8. The first-order valence-electron chi connectivity index (χ1n) is 8.31. The number of para-hydroxylation sites is 1. The van der Waals surface area contributed by atoms with Crippen LogP contribution in [0.4, 0.5) is 5.69 Å². The van der Waals surface area contributed by atoms with Crippen LogP contribution in [0.5, 0.6) is 0 Å². The Labute approximate surface area is 159 Å². The van der Waals surface area contributed by atoms with Gasteiger partial charge in [0, 0.05) is 16.9 Å². The van der Waals surface area contributed by atoms with E-state index in [1.54, 1.807) is 47.3 Å². The van der Waals surface area contributed by atoms with E-state index in [0.717, 1.165) is 0 Å². The minimum absolute atomic E-state index is 0.0723. The molecule has 2 aromatic heterocycles. The summed E-state index contributed by atoms with van der Waals surface area (Å²) in [4.78, 5) is 29.8. The van der Waals surface area contributed by atoms with Crippen molar-refractivity contribution in [1.82, 2.24) is 14.3 Å². The highest BCUT2D eigenvalue weighted by Gasteiger charge is 2.17.